The van der Waals surface area contributed by atoms with Crippen molar-refractivity contribution < 1.29 is 14.6 Å². The maximum Gasteiger partial charge on any atom is 0.343 e. The third-order valence-corrected chi connectivity index (χ3v) is 3.37. The largest absolute Gasteiger partial charge is 0.477 e. The highest BCUT2D eigenvalue weighted by molar-refractivity contribution is 5.91. The smallest absolute Gasteiger partial charge is 0.343 e. The van der Waals surface area contributed by atoms with Crippen molar-refractivity contribution in [3.05, 3.63) is 11.3 Å². The van der Waals surface area contributed by atoms with Crippen molar-refractivity contribution >= 4 is 5.97 Å². The monoisotopic (exact) mass is 238 g/mol. The molecule has 5 heteroatoms. The molecule has 0 atom stereocenters. The highest BCUT2D eigenvalue weighted by Crippen LogP contribution is 2.30. The summed E-state index contributed by atoms with van der Waals surface area (Å²) in [4.78, 5) is 11.1. The fourth-order valence-corrected chi connectivity index (χ4v) is 2.15. The van der Waals surface area contributed by atoms with E-state index in [4.69, 9.17) is 9.84 Å². The van der Waals surface area contributed by atoms with Crippen molar-refractivity contribution in [2.24, 2.45) is 13.0 Å². The molecule has 1 heterocycles. The third kappa shape index (κ3) is 2.43. The van der Waals surface area contributed by atoms with E-state index in [9.17, 15) is 4.79 Å². The molecule has 0 saturated heterocycles. The second kappa shape index (κ2) is 4.77. The molecular formula is C12H18N2O3. The molecule has 1 aromatic rings. The van der Waals surface area contributed by atoms with E-state index in [0.717, 1.165) is 12.3 Å². The Morgan fingerprint density at radius 2 is 2.29 bits per heavy atom. The summed E-state index contributed by atoms with van der Waals surface area (Å²) in [7, 11) is 1.71. The summed E-state index contributed by atoms with van der Waals surface area (Å²) in [6, 6.07) is 0. The number of rotatable bonds is 5. The summed E-state index contributed by atoms with van der Waals surface area (Å²) in [5, 5.41) is 13.2. The number of carbonyl (C=O) groups is 1. The summed E-state index contributed by atoms with van der Waals surface area (Å²) in [6.45, 7) is 2.26. The molecule has 1 aromatic heterocycles. The van der Waals surface area contributed by atoms with Crippen LogP contribution in [0.4, 0.5) is 0 Å². The lowest BCUT2D eigenvalue weighted by Gasteiger charge is -2.24. The standard InChI is InChI=1S/C12H18N2O3/c1-8-10(12(15)16)11(14(2)13-8)17-7-6-9-4-3-5-9/h9H,3-7H2,1-2H3,(H,15,16). The molecule has 0 radical (unpaired) electrons. The van der Waals surface area contributed by atoms with E-state index in [1.807, 2.05) is 0 Å². The molecule has 1 fully saturated rings. The van der Waals surface area contributed by atoms with Gasteiger partial charge >= 0.3 is 5.97 Å². The van der Waals surface area contributed by atoms with Gasteiger partial charge < -0.3 is 9.84 Å². The molecule has 0 amide bonds. The molecule has 5 nitrogen and oxygen atoms in total. The van der Waals surface area contributed by atoms with Gasteiger partial charge in [-0.15, -0.1) is 0 Å². The Balaban J connectivity index is 2.00. The quantitative estimate of drug-likeness (QED) is 0.852. The van der Waals surface area contributed by atoms with Crippen LogP contribution in [0.15, 0.2) is 0 Å². The van der Waals surface area contributed by atoms with Crippen molar-refractivity contribution in [2.45, 2.75) is 32.6 Å². The van der Waals surface area contributed by atoms with Gasteiger partial charge in [0.25, 0.3) is 0 Å². The van der Waals surface area contributed by atoms with E-state index in [2.05, 4.69) is 5.10 Å². The number of aromatic nitrogens is 2. The molecule has 1 aliphatic carbocycles. The number of aryl methyl sites for hydroxylation is 2. The first-order valence-electron chi connectivity index (χ1n) is 5.99. The van der Waals surface area contributed by atoms with Gasteiger partial charge in [-0.25, -0.2) is 9.48 Å². The number of ether oxygens (including phenoxy) is 1. The van der Waals surface area contributed by atoms with Gasteiger partial charge in [-0.3, -0.25) is 0 Å². The van der Waals surface area contributed by atoms with Crippen molar-refractivity contribution in [3.8, 4) is 5.88 Å². The number of nitrogens with zero attached hydrogens (tertiary/aromatic N) is 2. The van der Waals surface area contributed by atoms with Crippen molar-refractivity contribution in [1.82, 2.24) is 9.78 Å². The van der Waals surface area contributed by atoms with Gasteiger partial charge in [0, 0.05) is 7.05 Å². The Morgan fingerprint density at radius 3 is 2.82 bits per heavy atom. The number of hydrogen-bond donors (Lipinski definition) is 1. The fourth-order valence-electron chi connectivity index (χ4n) is 2.15. The first kappa shape index (κ1) is 12.0. The Hall–Kier alpha value is -1.52. The molecule has 0 aromatic carbocycles. The summed E-state index contributed by atoms with van der Waals surface area (Å²) in [5.74, 6) is 0.154. The van der Waals surface area contributed by atoms with Gasteiger partial charge in [-0.1, -0.05) is 19.3 Å². The van der Waals surface area contributed by atoms with Gasteiger partial charge in [0.15, 0.2) is 0 Å². The van der Waals surface area contributed by atoms with Crippen LogP contribution in [-0.2, 0) is 7.05 Å². The molecule has 17 heavy (non-hydrogen) atoms. The third-order valence-electron chi connectivity index (χ3n) is 3.37. The van der Waals surface area contributed by atoms with Crippen LogP contribution in [0.1, 0.15) is 41.7 Å². The SMILES string of the molecule is Cc1nn(C)c(OCCC2CCC2)c1C(=O)O. The van der Waals surface area contributed by atoms with Gasteiger partial charge in [-0.05, 0) is 19.3 Å². The van der Waals surface area contributed by atoms with Crippen LogP contribution in [0, 0.1) is 12.8 Å². The van der Waals surface area contributed by atoms with Crippen LogP contribution in [0.3, 0.4) is 0 Å². The maximum absolute atomic E-state index is 11.1. The molecule has 0 spiro atoms. The van der Waals surface area contributed by atoms with Gasteiger partial charge in [0.2, 0.25) is 5.88 Å². The lowest BCUT2D eigenvalue weighted by molar-refractivity contribution is 0.0690. The molecular weight excluding hydrogens is 220 g/mol. The second-order valence-corrected chi connectivity index (χ2v) is 4.63. The highest BCUT2D eigenvalue weighted by Gasteiger charge is 2.22. The zero-order valence-corrected chi connectivity index (χ0v) is 10.3. The average molecular weight is 238 g/mol. The normalized spacial score (nSPS) is 15.6. The summed E-state index contributed by atoms with van der Waals surface area (Å²) < 4.78 is 7.08. The molecule has 2 rings (SSSR count). The Labute approximate surface area is 100 Å². The van der Waals surface area contributed by atoms with E-state index in [1.54, 1.807) is 14.0 Å². The number of hydrogen-bond acceptors (Lipinski definition) is 3. The first-order valence-corrected chi connectivity index (χ1v) is 5.99. The Bertz CT molecular complexity index is 422. The Kier molecular flexibility index (Phi) is 3.36. The van der Waals surface area contributed by atoms with Crippen LogP contribution in [0.25, 0.3) is 0 Å². The van der Waals surface area contributed by atoms with E-state index in [0.29, 0.717) is 18.2 Å². The molecule has 0 bridgehead atoms. The number of aromatic carboxylic acids is 1. The molecule has 0 aliphatic heterocycles. The zero-order valence-electron chi connectivity index (χ0n) is 10.3. The van der Waals surface area contributed by atoms with Crippen molar-refractivity contribution in [3.63, 3.8) is 0 Å². The van der Waals surface area contributed by atoms with E-state index in [-0.39, 0.29) is 5.56 Å². The maximum atomic E-state index is 11.1. The predicted octanol–water partition coefficient (Wildman–Crippen LogP) is 2.00. The average Bonchev–Trinajstić information content (AvgIpc) is 2.45. The van der Waals surface area contributed by atoms with E-state index >= 15 is 0 Å². The minimum atomic E-state index is -0.978. The van der Waals surface area contributed by atoms with Gasteiger partial charge in [0.1, 0.15) is 5.56 Å². The van der Waals surface area contributed by atoms with Crippen LogP contribution in [0.2, 0.25) is 0 Å². The minimum absolute atomic E-state index is 0.182. The van der Waals surface area contributed by atoms with Crippen molar-refractivity contribution in [2.75, 3.05) is 6.61 Å². The molecule has 1 aliphatic rings. The predicted molar refractivity (Wildman–Crippen MR) is 62.4 cm³/mol. The zero-order chi connectivity index (χ0) is 12.4. The topological polar surface area (TPSA) is 64.4 Å². The van der Waals surface area contributed by atoms with Crippen LogP contribution in [0.5, 0.6) is 5.88 Å². The highest BCUT2D eigenvalue weighted by atomic mass is 16.5. The summed E-state index contributed by atoms with van der Waals surface area (Å²) in [6.07, 6.45) is 4.87. The van der Waals surface area contributed by atoms with E-state index < -0.39 is 5.97 Å². The summed E-state index contributed by atoms with van der Waals surface area (Å²) >= 11 is 0. The van der Waals surface area contributed by atoms with E-state index in [1.165, 1.54) is 23.9 Å². The molecule has 0 unspecified atom stereocenters. The van der Waals surface area contributed by atoms with Crippen LogP contribution >= 0.6 is 0 Å². The lowest BCUT2D eigenvalue weighted by atomic mass is 9.83. The minimum Gasteiger partial charge on any atom is -0.477 e. The van der Waals surface area contributed by atoms with Crippen LogP contribution < -0.4 is 4.74 Å². The summed E-state index contributed by atoms with van der Waals surface area (Å²) in [5.41, 5.74) is 0.680. The molecule has 1 N–H and O–H groups in total. The lowest BCUT2D eigenvalue weighted by Crippen LogP contribution is -2.15. The molecule has 94 valence electrons. The molecule has 1 saturated carbocycles. The number of carboxylic acid groups (broad SMARTS) is 1. The fraction of sp³-hybridized carbons (Fsp3) is 0.667. The van der Waals surface area contributed by atoms with Crippen LogP contribution in [-0.4, -0.2) is 27.5 Å². The number of carboxylic acids is 1. The second-order valence-electron chi connectivity index (χ2n) is 4.63. The Morgan fingerprint density at radius 1 is 1.59 bits per heavy atom. The first-order chi connectivity index (χ1) is 8.09. The van der Waals surface area contributed by atoms with Gasteiger partial charge in [0.05, 0.1) is 12.3 Å². The van der Waals surface area contributed by atoms with Gasteiger partial charge in [-0.2, -0.15) is 5.10 Å². The van der Waals surface area contributed by atoms with Crippen molar-refractivity contribution in [1.29, 1.82) is 0 Å².